The molecule has 1 aromatic carbocycles. The predicted molar refractivity (Wildman–Crippen MR) is 126 cm³/mol. The van der Waals surface area contributed by atoms with E-state index in [0.717, 1.165) is 31.6 Å². The highest BCUT2D eigenvalue weighted by Crippen LogP contribution is 2.63. The van der Waals surface area contributed by atoms with Crippen LogP contribution in [0.1, 0.15) is 70.4 Å². The molecule has 4 bridgehead atoms. The SMILES string of the molecule is CC(C)(C)CC12CC3CC(C1)C(NS(=O)(=O)Cc1ccccc1CNS(N)(=O)=O)C(C3)C2. The third kappa shape index (κ3) is 5.73. The summed E-state index contributed by atoms with van der Waals surface area (Å²) in [5.74, 6) is 1.40. The summed E-state index contributed by atoms with van der Waals surface area (Å²) in [6, 6.07) is 7.00. The monoisotopic (exact) mass is 483 g/mol. The molecule has 32 heavy (non-hydrogen) atoms. The van der Waals surface area contributed by atoms with E-state index >= 15 is 0 Å². The van der Waals surface area contributed by atoms with Crippen LogP contribution in [0, 0.1) is 28.6 Å². The Morgan fingerprint density at radius 2 is 1.59 bits per heavy atom. The summed E-state index contributed by atoms with van der Waals surface area (Å²) >= 11 is 0. The summed E-state index contributed by atoms with van der Waals surface area (Å²) in [5.41, 5.74) is 1.86. The molecular weight excluding hydrogens is 446 g/mol. The second kappa shape index (κ2) is 8.34. The molecule has 180 valence electrons. The van der Waals surface area contributed by atoms with Gasteiger partial charge in [0.25, 0.3) is 10.2 Å². The van der Waals surface area contributed by atoms with Crippen molar-refractivity contribution in [2.45, 2.75) is 77.6 Å². The Kier molecular flexibility index (Phi) is 6.29. The summed E-state index contributed by atoms with van der Waals surface area (Å²) < 4.78 is 54.2. The number of nitrogens with one attached hydrogen (secondary N) is 2. The van der Waals surface area contributed by atoms with Gasteiger partial charge in [-0.15, -0.1) is 0 Å². The summed E-state index contributed by atoms with van der Waals surface area (Å²) in [5, 5.41) is 5.03. The maximum atomic E-state index is 13.2. The third-order valence-electron chi connectivity index (χ3n) is 7.55. The Balaban J connectivity index is 1.47. The fourth-order valence-corrected chi connectivity index (χ4v) is 9.16. The van der Waals surface area contributed by atoms with Gasteiger partial charge in [-0.05, 0) is 78.2 Å². The predicted octanol–water partition coefficient (Wildman–Crippen LogP) is 3.03. The van der Waals surface area contributed by atoms with Crippen molar-refractivity contribution >= 4 is 20.2 Å². The molecular formula is C23H37N3O4S2. The molecule has 0 radical (unpaired) electrons. The quantitative estimate of drug-likeness (QED) is 0.527. The zero-order chi connectivity index (χ0) is 23.4. The first kappa shape index (κ1) is 24.1. The molecule has 0 spiro atoms. The fourth-order valence-electron chi connectivity index (χ4n) is 7.23. The molecule has 2 unspecified atom stereocenters. The van der Waals surface area contributed by atoms with Crippen LogP contribution in [-0.4, -0.2) is 22.9 Å². The number of rotatable bonds is 8. The molecule has 0 heterocycles. The standard InChI is InChI=1S/C23H37N3O4S2/c1-22(2,3)15-23-10-16-8-19(11-23)21(20(9-16)12-23)26-31(27,28)14-18-7-5-4-6-17(18)13-25-32(24,29)30/h4-7,16,19-21,25-26H,8-15H2,1-3H3,(H2,24,29,30). The Labute approximate surface area is 193 Å². The normalized spacial score (nSPS) is 32.4. The van der Waals surface area contributed by atoms with Gasteiger partial charge in [-0.1, -0.05) is 45.0 Å². The molecule has 1 aromatic rings. The number of nitrogens with two attached hydrogens (primary N) is 1. The first-order chi connectivity index (χ1) is 14.7. The number of hydrogen-bond acceptors (Lipinski definition) is 4. The number of hydrogen-bond donors (Lipinski definition) is 3. The second-order valence-corrected chi connectivity index (χ2v) is 14.9. The molecule has 4 saturated carbocycles. The minimum absolute atomic E-state index is 0.0133. The van der Waals surface area contributed by atoms with Gasteiger partial charge in [0.2, 0.25) is 10.0 Å². The van der Waals surface area contributed by atoms with Gasteiger partial charge in [-0.2, -0.15) is 13.1 Å². The molecule has 4 N–H and O–H groups in total. The van der Waals surface area contributed by atoms with E-state index in [1.54, 1.807) is 24.3 Å². The lowest BCUT2D eigenvalue weighted by atomic mass is 9.46. The Hall–Kier alpha value is -1.00. The van der Waals surface area contributed by atoms with Crippen molar-refractivity contribution in [2.75, 3.05) is 0 Å². The molecule has 0 aromatic heterocycles. The molecule has 4 aliphatic carbocycles. The van der Waals surface area contributed by atoms with E-state index in [9.17, 15) is 16.8 Å². The van der Waals surface area contributed by atoms with Gasteiger partial charge >= 0.3 is 0 Å². The largest absolute Gasteiger partial charge is 0.274 e. The van der Waals surface area contributed by atoms with Crippen LogP contribution in [0.3, 0.4) is 0 Å². The van der Waals surface area contributed by atoms with Gasteiger partial charge in [0.05, 0.1) is 5.75 Å². The zero-order valence-corrected chi connectivity index (χ0v) is 20.9. The Bertz CT molecular complexity index is 1050. The minimum atomic E-state index is -3.85. The molecule has 0 amide bonds. The summed E-state index contributed by atoms with van der Waals surface area (Å²) in [6.45, 7) is 6.91. The van der Waals surface area contributed by atoms with E-state index < -0.39 is 20.2 Å². The van der Waals surface area contributed by atoms with Crippen molar-refractivity contribution in [3.63, 3.8) is 0 Å². The lowest BCUT2D eigenvalue weighted by molar-refractivity contribution is -0.0881. The topological polar surface area (TPSA) is 118 Å². The van der Waals surface area contributed by atoms with Crippen LogP contribution in [-0.2, 0) is 32.5 Å². The first-order valence-electron chi connectivity index (χ1n) is 11.6. The average molecular weight is 484 g/mol. The summed E-state index contributed by atoms with van der Waals surface area (Å²) in [4.78, 5) is 0. The van der Waals surface area contributed by atoms with Crippen LogP contribution in [0.5, 0.6) is 0 Å². The molecule has 4 aliphatic rings. The zero-order valence-electron chi connectivity index (χ0n) is 19.3. The molecule has 4 fully saturated rings. The molecule has 0 saturated heterocycles. The lowest BCUT2D eigenvalue weighted by Crippen LogP contribution is -2.59. The lowest BCUT2D eigenvalue weighted by Gasteiger charge is -2.61. The van der Waals surface area contributed by atoms with Crippen molar-refractivity contribution in [2.24, 2.45) is 33.7 Å². The van der Waals surface area contributed by atoms with Crippen molar-refractivity contribution in [3.05, 3.63) is 35.4 Å². The van der Waals surface area contributed by atoms with E-state index in [-0.39, 0.29) is 23.8 Å². The van der Waals surface area contributed by atoms with Gasteiger partial charge in [0, 0.05) is 12.6 Å². The van der Waals surface area contributed by atoms with E-state index in [1.807, 2.05) is 0 Å². The van der Waals surface area contributed by atoms with Crippen LogP contribution in [0.2, 0.25) is 0 Å². The van der Waals surface area contributed by atoms with Crippen molar-refractivity contribution < 1.29 is 16.8 Å². The second-order valence-electron chi connectivity index (χ2n) is 11.7. The highest BCUT2D eigenvalue weighted by atomic mass is 32.2. The maximum Gasteiger partial charge on any atom is 0.274 e. The van der Waals surface area contributed by atoms with E-state index in [0.29, 0.717) is 28.4 Å². The van der Waals surface area contributed by atoms with E-state index in [1.165, 1.54) is 12.8 Å². The summed E-state index contributed by atoms with van der Waals surface area (Å²) in [6.07, 6.45) is 7.03. The van der Waals surface area contributed by atoms with Gasteiger partial charge in [0.15, 0.2) is 0 Å². The third-order valence-corrected chi connectivity index (χ3v) is 9.42. The average Bonchev–Trinajstić information content (AvgIpc) is 2.60. The first-order valence-corrected chi connectivity index (χ1v) is 14.8. The van der Waals surface area contributed by atoms with Gasteiger partial charge < -0.3 is 0 Å². The van der Waals surface area contributed by atoms with E-state index in [4.69, 9.17) is 5.14 Å². The molecule has 5 rings (SSSR count). The maximum absolute atomic E-state index is 13.2. The fraction of sp³-hybridized carbons (Fsp3) is 0.739. The van der Waals surface area contributed by atoms with Gasteiger partial charge in [-0.3, -0.25) is 0 Å². The molecule has 7 nitrogen and oxygen atoms in total. The van der Waals surface area contributed by atoms with Gasteiger partial charge in [0.1, 0.15) is 0 Å². The summed E-state index contributed by atoms with van der Waals surface area (Å²) in [7, 11) is -7.42. The van der Waals surface area contributed by atoms with Crippen LogP contribution in [0.25, 0.3) is 0 Å². The van der Waals surface area contributed by atoms with Crippen LogP contribution in [0.4, 0.5) is 0 Å². The van der Waals surface area contributed by atoms with E-state index in [2.05, 4.69) is 30.2 Å². The smallest absolute Gasteiger partial charge is 0.216 e. The van der Waals surface area contributed by atoms with Crippen molar-refractivity contribution in [3.8, 4) is 0 Å². The minimum Gasteiger partial charge on any atom is -0.216 e. The van der Waals surface area contributed by atoms with Crippen molar-refractivity contribution in [1.29, 1.82) is 0 Å². The van der Waals surface area contributed by atoms with Crippen molar-refractivity contribution in [1.82, 2.24) is 9.44 Å². The van der Waals surface area contributed by atoms with Crippen LogP contribution < -0.4 is 14.6 Å². The molecule has 0 aliphatic heterocycles. The Morgan fingerprint density at radius 3 is 2.16 bits per heavy atom. The van der Waals surface area contributed by atoms with Crippen LogP contribution in [0.15, 0.2) is 24.3 Å². The number of benzene rings is 1. The van der Waals surface area contributed by atoms with Crippen LogP contribution >= 0.6 is 0 Å². The highest BCUT2D eigenvalue weighted by Gasteiger charge is 2.56. The molecule has 2 atom stereocenters. The Morgan fingerprint density at radius 1 is 1.00 bits per heavy atom. The molecule has 9 heteroatoms. The number of sulfonamides is 1. The highest BCUT2D eigenvalue weighted by molar-refractivity contribution is 7.88. The van der Waals surface area contributed by atoms with Gasteiger partial charge in [-0.25, -0.2) is 18.3 Å².